The van der Waals surface area contributed by atoms with Gasteiger partial charge in [-0.2, -0.15) is 0 Å². The van der Waals surface area contributed by atoms with E-state index in [4.69, 9.17) is 5.73 Å². The SMILES string of the molecule is CC.CCC1=CCC(N)C=C1.[HH]. The first-order valence-corrected chi connectivity index (χ1v) is 4.45. The van der Waals surface area contributed by atoms with Crippen molar-refractivity contribution in [2.24, 2.45) is 5.73 Å². The van der Waals surface area contributed by atoms with Gasteiger partial charge in [-0.15, -0.1) is 0 Å². The number of hydrogen-bond acceptors (Lipinski definition) is 1. The van der Waals surface area contributed by atoms with Gasteiger partial charge >= 0.3 is 0 Å². The first-order valence-electron chi connectivity index (χ1n) is 4.45. The third-order valence-electron chi connectivity index (χ3n) is 1.62. The molecule has 1 heteroatoms. The highest BCUT2D eigenvalue weighted by atomic mass is 14.6. The topological polar surface area (TPSA) is 26.0 Å². The summed E-state index contributed by atoms with van der Waals surface area (Å²) in [7, 11) is 0. The number of allylic oxidation sites excluding steroid dienone is 2. The highest BCUT2D eigenvalue weighted by Crippen LogP contribution is 2.11. The molecule has 0 aliphatic heterocycles. The minimum Gasteiger partial charge on any atom is -0.324 e. The lowest BCUT2D eigenvalue weighted by Gasteiger charge is -2.09. The number of hydrogen-bond donors (Lipinski definition) is 1. The van der Waals surface area contributed by atoms with E-state index in [0.717, 1.165) is 12.8 Å². The van der Waals surface area contributed by atoms with Gasteiger partial charge in [0.1, 0.15) is 0 Å². The van der Waals surface area contributed by atoms with Crippen molar-refractivity contribution in [2.75, 3.05) is 0 Å². The summed E-state index contributed by atoms with van der Waals surface area (Å²) in [5.74, 6) is 0. The van der Waals surface area contributed by atoms with E-state index in [-0.39, 0.29) is 7.47 Å². The predicted molar refractivity (Wildman–Crippen MR) is 53.6 cm³/mol. The van der Waals surface area contributed by atoms with Gasteiger partial charge in [-0.3, -0.25) is 0 Å². The van der Waals surface area contributed by atoms with E-state index in [1.807, 2.05) is 13.8 Å². The van der Waals surface area contributed by atoms with Crippen molar-refractivity contribution >= 4 is 0 Å². The summed E-state index contributed by atoms with van der Waals surface area (Å²) in [4.78, 5) is 0. The summed E-state index contributed by atoms with van der Waals surface area (Å²) in [5.41, 5.74) is 7.03. The standard InChI is InChI=1S/C8H13N.C2H6.H2/c1-2-7-3-5-8(9)6-4-7;1-2;/h3-5,8H,2,6,9H2,1H3;1-2H3;1H. The van der Waals surface area contributed by atoms with E-state index in [0.29, 0.717) is 0 Å². The van der Waals surface area contributed by atoms with E-state index in [2.05, 4.69) is 25.2 Å². The fourth-order valence-corrected chi connectivity index (χ4v) is 0.943. The fraction of sp³-hybridized carbons (Fsp3) is 0.600. The molecule has 0 aromatic heterocycles. The summed E-state index contributed by atoms with van der Waals surface area (Å²) in [6, 6.07) is 0.264. The lowest BCUT2D eigenvalue weighted by molar-refractivity contribution is 0.811. The largest absolute Gasteiger partial charge is 0.324 e. The normalized spacial score (nSPS) is 21.8. The third kappa shape index (κ3) is 3.99. The Hall–Kier alpha value is -0.560. The molecule has 1 aliphatic carbocycles. The van der Waals surface area contributed by atoms with Gasteiger partial charge in [0.25, 0.3) is 0 Å². The molecule has 0 aromatic rings. The van der Waals surface area contributed by atoms with Crippen molar-refractivity contribution in [3.05, 3.63) is 23.8 Å². The second-order valence-electron chi connectivity index (χ2n) is 2.39. The summed E-state index contributed by atoms with van der Waals surface area (Å²) in [5, 5.41) is 0. The molecular formula is C10H21N. The maximum atomic E-state index is 5.62. The zero-order valence-corrected chi connectivity index (χ0v) is 7.80. The first kappa shape index (κ1) is 10.4. The number of nitrogens with two attached hydrogens (primary N) is 1. The monoisotopic (exact) mass is 155 g/mol. The average molecular weight is 155 g/mol. The van der Waals surface area contributed by atoms with E-state index in [9.17, 15) is 0 Å². The second kappa shape index (κ2) is 6.17. The van der Waals surface area contributed by atoms with Crippen LogP contribution in [0.25, 0.3) is 0 Å². The minimum absolute atomic E-state index is 0. The summed E-state index contributed by atoms with van der Waals surface area (Å²) in [6.45, 7) is 6.16. The molecule has 1 atom stereocenters. The summed E-state index contributed by atoms with van der Waals surface area (Å²) in [6.07, 6.45) is 8.54. The van der Waals surface area contributed by atoms with Crippen LogP contribution in [0.3, 0.4) is 0 Å². The van der Waals surface area contributed by atoms with Crippen molar-refractivity contribution in [3.63, 3.8) is 0 Å². The fourth-order valence-electron chi connectivity index (χ4n) is 0.943. The van der Waals surface area contributed by atoms with Gasteiger partial charge < -0.3 is 5.73 Å². The molecule has 0 aromatic carbocycles. The zero-order chi connectivity index (χ0) is 8.69. The molecule has 2 N–H and O–H groups in total. The molecule has 1 rings (SSSR count). The molecule has 0 saturated heterocycles. The molecule has 66 valence electrons. The van der Waals surface area contributed by atoms with Gasteiger partial charge in [0, 0.05) is 7.47 Å². The Bertz CT molecular complexity index is 150. The Morgan fingerprint density at radius 3 is 2.64 bits per heavy atom. The Labute approximate surface area is 71.5 Å². The van der Waals surface area contributed by atoms with E-state index < -0.39 is 0 Å². The Morgan fingerprint density at radius 1 is 1.64 bits per heavy atom. The molecule has 0 amide bonds. The van der Waals surface area contributed by atoms with Gasteiger partial charge in [0.2, 0.25) is 0 Å². The van der Waals surface area contributed by atoms with Crippen molar-refractivity contribution in [2.45, 2.75) is 39.7 Å². The maximum Gasteiger partial charge on any atom is 0.0262 e. The van der Waals surface area contributed by atoms with Crippen LogP contribution in [0.5, 0.6) is 0 Å². The highest BCUT2D eigenvalue weighted by molar-refractivity contribution is 5.24. The van der Waals surface area contributed by atoms with E-state index in [1.54, 1.807) is 0 Å². The van der Waals surface area contributed by atoms with Crippen LogP contribution in [0.4, 0.5) is 0 Å². The van der Waals surface area contributed by atoms with Crippen LogP contribution in [0.1, 0.15) is 35.0 Å². The van der Waals surface area contributed by atoms with Crippen molar-refractivity contribution < 1.29 is 1.43 Å². The van der Waals surface area contributed by atoms with Gasteiger partial charge in [0.15, 0.2) is 0 Å². The van der Waals surface area contributed by atoms with Crippen LogP contribution < -0.4 is 5.73 Å². The van der Waals surface area contributed by atoms with Gasteiger partial charge in [-0.25, -0.2) is 0 Å². The van der Waals surface area contributed by atoms with Crippen molar-refractivity contribution in [1.29, 1.82) is 0 Å². The quantitative estimate of drug-likeness (QED) is 0.619. The molecule has 0 bridgehead atoms. The van der Waals surface area contributed by atoms with E-state index in [1.165, 1.54) is 5.57 Å². The molecule has 1 unspecified atom stereocenters. The summed E-state index contributed by atoms with van der Waals surface area (Å²) >= 11 is 0. The minimum atomic E-state index is 0. The number of rotatable bonds is 1. The van der Waals surface area contributed by atoms with Gasteiger partial charge in [-0.05, 0) is 12.8 Å². The highest BCUT2D eigenvalue weighted by Gasteiger charge is 2.00. The van der Waals surface area contributed by atoms with Crippen molar-refractivity contribution in [3.8, 4) is 0 Å². The smallest absolute Gasteiger partial charge is 0.0262 e. The molecule has 0 heterocycles. The van der Waals surface area contributed by atoms with Gasteiger partial charge in [0.05, 0.1) is 0 Å². The molecule has 0 radical (unpaired) electrons. The van der Waals surface area contributed by atoms with Crippen LogP contribution in [-0.4, -0.2) is 6.04 Å². The van der Waals surface area contributed by atoms with Gasteiger partial charge in [-0.1, -0.05) is 44.6 Å². The van der Waals surface area contributed by atoms with Crippen LogP contribution >= 0.6 is 0 Å². The lowest BCUT2D eigenvalue weighted by Crippen LogP contribution is -2.17. The van der Waals surface area contributed by atoms with Crippen LogP contribution in [0.2, 0.25) is 0 Å². The van der Waals surface area contributed by atoms with Crippen LogP contribution in [-0.2, 0) is 0 Å². The summed E-state index contributed by atoms with van der Waals surface area (Å²) < 4.78 is 0. The molecule has 1 aliphatic rings. The van der Waals surface area contributed by atoms with E-state index >= 15 is 0 Å². The maximum absolute atomic E-state index is 5.62. The third-order valence-corrected chi connectivity index (χ3v) is 1.62. The first-order chi connectivity index (χ1) is 5.33. The molecule has 0 spiro atoms. The lowest BCUT2D eigenvalue weighted by atomic mass is 10.0. The Morgan fingerprint density at radius 2 is 2.27 bits per heavy atom. The Kier molecular flexibility index (Phi) is 5.86. The van der Waals surface area contributed by atoms with Crippen LogP contribution in [0.15, 0.2) is 23.8 Å². The molecule has 0 fully saturated rings. The molecular weight excluding hydrogens is 134 g/mol. The second-order valence-corrected chi connectivity index (χ2v) is 2.39. The molecule has 1 nitrogen and oxygen atoms in total. The molecule has 11 heavy (non-hydrogen) atoms. The zero-order valence-electron chi connectivity index (χ0n) is 7.80. The Balaban J connectivity index is 0. The average Bonchev–Trinajstić information content (AvgIpc) is 2.10. The van der Waals surface area contributed by atoms with Crippen molar-refractivity contribution in [1.82, 2.24) is 0 Å². The van der Waals surface area contributed by atoms with Crippen LogP contribution in [0, 0.1) is 0 Å². The predicted octanol–water partition coefficient (Wildman–Crippen LogP) is 2.88. The molecule has 0 saturated carbocycles.